The van der Waals surface area contributed by atoms with Gasteiger partial charge in [-0.15, -0.1) is 0 Å². The highest BCUT2D eigenvalue weighted by atomic mass is 16.5. The molecule has 7 heteroatoms. The number of para-hydroxylation sites is 1. The van der Waals surface area contributed by atoms with Gasteiger partial charge in [-0.2, -0.15) is 10.1 Å². The number of benzene rings is 1. The second kappa shape index (κ2) is 7.88. The fourth-order valence-corrected chi connectivity index (χ4v) is 3.27. The Morgan fingerprint density at radius 2 is 1.92 bits per heavy atom. The van der Waals surface area contributed by atoms with Crippen molar-refractivity contribution in [2.75, 3.05) is 38.9 Å². The second-order valence-corrected chi connectivity index (χ2v) is 6.26. The number of nitrogens with zero attached hydrogens (tertiary/aromatic N) is 4. The van der Waals surface area contributed by atoms with E-state index in [0.29, 0.717) is 25.5 Å². The zero-order chi connectivity index (χ0) is 18.7. The van der Waals surface area contributed by atoms with Crippen molar-refractivity contribution in [2.24, 2.45) is 11.0 Å². The number of hydrazine groups is 1. The van der Waals surface area contributed by atoms with Crippen LogP contribution in [-0.4, -0.2) is 61.8 Å². The average Bonchev–Trinajstić information content (AvgIpc) is 3.01. The largest absolute Gasteiger partial charge is 0.465 e. The van der Waals surface area contributed by atoms with Gasteiger partial charge in [0.2, 0.25) is 0 Å². The molecular weight excluding hydrogens is 332 g/mol. The molecule has 0 aromatic heterocycles. The average molecular weight is 358 g/mol. The minimum Gasteiger partial charge on any atom is -0.465 e. The van der Waals surface area contributed by atoms with Gasteiger partial charge in [0.1, 0.15) is 12.1 Å². The highest BCUT2D eigenvalue weighted by molar-refractivity contribution is 6.14. The Morgan fingerprint density at radius 1 is 1.19 bits per heavy atom. The minimum absolute atomic E-state index is 0.312. The summed E-state index contributed by atoms with van der Waals surface area (Å²) in [6.45, 7) is 5.14. The van der Waals surface area contributed by atoms with Gasteiger partial charge < -0.3 is 14.5 Å². The lowest BCUT2D eigenvalue weighted by atomic mass is 9.96. The number of hydrogen-bond donors (Lipinski definition) is 0. The summed E-state index contributed by atoms with van der Waals surface area (Å²) in [6, 6.07) is 9.93. The SMILES string of the molecule is CCOC(=O)[C@H]1C2=NN(c3ccccc3)CC2=CN(C)N(C)[C@@H]1OCC. The fourth-order valence-electron chi connectivity index (χ4n) is 3.27. The molecule has 2 aliphatic rings. The Balaban J connectivity index is 2.03. The van der Waals surface area contributed by atoms with Gasteiger partial charge in [-0.05, 0) is 26.0 Å². The molecule has 140 valence electrons. The molecule has 0 fully saturated rings. The minimum atomic E-state index is -0.607. The van der Waals surface area contributed by atoms with E-state index in [-0.39, 0.29) is 5.97 Å². The molecule has 0 spiro atoms. The number of carbonyl (C=O) groups excluding carboxylic acids is 1. The molecular formula is C19H26N4O3. The van der Waals surface area contributed by atoms with Crippen LogP contribution in [0.4, 0.5) is 5.69 Å². The van der Waals surface area contributed by atoms with Crippen LogP contribution in [0.15, 0.2) is 47.2 Å². The van der Waals surface area contributed by atoms with Gasteiger partial charge >= 0.3 is 5.97 Å². The highest BCUT2D eigenvalue weighted by Gasteiger charge is 2.44. The Labute approximate surface area is 154 Å². The first-order chi connectivity index (χ1) is 12.6. The van der Waals surface area contributed by atoms with Crippen molar-refractivity contribution >= 4 is 17.4 Å². The third-order valence-electron chi connectivity index (χ3n) is 4.60. The van der Waals surface area contributed by atoms with Crippen molar-refractivity contribution in [1.29, 1.82) is 0 Å². The lowest BCUT2D eigenvalue weighted by Crippen LogP contribution is -2.50. The molecule has 0 saturated carbocycles. The molecule has 0 unspecified atom stereocenters. The van der Waals surface area contributed by atoms with Crippen molar-refractivity contribution in [3.05, 3.63) is 42.1 Å². The molecule has 1 aromatic carbocycles. The van der Waals surface area contributed by atoms with Crippen LogP contribution in [0.5, 0.6) is 0 Å². The molecule has 2 heterocycles. The molecule has 0 N–H and O–H groups in total. The Hall–Kier alpha value is -2.38. The lowest BCUT2D eigenvalue weighted by Gasteiger charge is -2.35. The number of hydrogen-bond acceptors (Lipinski definition) is 7. The van der Waals surface area contributed by atoms with Crippen LogP contribution in [-0.2, 0) is 14.3 Å². The van der Waals surface area contributed by atoms with Crippen LogP contribution >= 0.6 is 0 Å². The lowest BCUT2D eigenvalue weighted by molar-refractivity contribution is -0.168. The smallest absolute Gasteiger partial charge is 0.319 e. The summed E-state index contributed by atoms with van der Waals surface area (Å²) in [5, 5.41) is 10.5. The van der Waals surface area contributed by atoms with Gasteiger partial charge in [0, 0.05) is 32.5 Å². The highest BCUT2D eigenvalue weighted by Crippen LogP contribution is 2.31. The normalized spacial score (nSPS) is 23.2. The maximum atomic E-state index is 12.8. The molecule has 0 amide bonds. The van der Waals surface area contributed by atoms with E-state index in [9.17, 15) is 4.79 Å². The molecule has 0 saturated heterocycles. The monoisotopic (exact) mass is 358 g/mol. The number of rotatable bonds is 5. The third-order valence-corrected chi connectivity index (χ3v) is 4.60. The zero-order valence-electron chi connectivity index (χ0n) is 15.8. The molecule has 26 heavy (non-hydrogen) atoms. The molecule has 0 aliphatic carbocycles. The number of carbonyl (C=O) groups is 1. The number of fused-ring (bicyclic) bond motifs is 1. The van der Waals surface area contributed by atoms with E-state index in [4.69, 9.17) is 14.6 Å². The van der Waals surface area contributed by atoms with E-state index in [1.807, 2.05) is 79.5 Å². The standard InChI is InChI=1S/C19H26N4O3/c1-5-25-18-16(19(24)26-6-2)17-14(12-21(3)22(18)4)13-23(20-17)15-10-8-7-9-11-15/h7-12,16,18H,5-6,13H2,1-4H3/t16-,18+/m0/s1. The Bertz CT molecular complexity index is 704. The van der Waals surface area contributed by atoms with Crippen LogP contribution in [0.1, 0.15) is 13.8 Å². The molecule has 2 atom stereocenters. The quantitative estimate of drug-likeness (QED) is 0.751. The van der Waals surface area contributed by atoms with Gasteiger partial charge in [-0.25, -0.2) is 0 Å². The summed E-state index contributed by atoms with van der Waals surface area (Å²) in [5.41, 5.74) is 2.69. The van der Waals surface area contributed by atoms with E-state index >= 15 is 0 Å². The van der Waals surface area contributed by atoms with Crippen LogP contribution in [0.25, 0.3) is 0 Å². The molecule has 0 radical (unpaired) electrons. The summed E-state index contributed by atoms with van der Waals surface area (Å²) in [6.07, 6.45) is 1.53. The molecule has 2 aliphatic heterocycles. The van der Waals surface area contributed by atoms with Gasteiger partial charge in [-0.3, -0.25) is 9.80 Å². The van der Waals surface area contributed by atoms with Crippen LogP contribution in [0.2, 0.25) is 0 Å². The first-order valence-electron chi connectivity index (χ1n) is 8.92. The van der Waals surface area contributed by atoms with Crippen molar-refractivity contribution in [3.8, 4) is 0 Å². The number of hydrazone groups is 1. The van der Waals surface area contributed by atoms with Crippen molar-refractivity contribution in [2.45, 2.75) is 20.1 Å². The van der Waals surface area contributed by atoms with Crippen molar-refractivity contribution in [1.82, 2.24) is 10.0 Å². The molecule has 0 bridgehead atoms. The van der Waals surface area contributed by atoms with Crippen LogP contribution in [0.3, 0.4) is 0 Å². The first-order valence-corrected chi connectivity index (χ1v) is 8.92. The topological polar surface area (TPSA) is 57.6 Å². The van der Waals surface area contributed by atoms with E-state index in [1.165, 1.54) is 0 Å². The summed E-state index contributed by atoms with van der Waals surface area (Å²) < 4.78 is 11.3. The summed E-state index contributed by atoms with van der Waals surface area (Å²) in [7, 11) is 3.84. The molecule has 7 nitrogen and oxygen atoms in total. The van der Waals surface area contributed by atoms with Crippen molar-refractivity contribution < 1.29 is 14.3 Å². The molecule has 1 aromatic rings. The Kier molecular flexibility index (Phi) is 5.58. The number of ether oxygens (including phenoxy) is 2. The van der Waals surface area contributed by atoms with Gasteiger partial charge in [0.05, 0.1) is 24.6 Å². The van der Waals surface area contributed by atoms with Gasteiger partial charge in [0.25, 0.3) is 0 Å². The first kappa shape index (κ1) is 18.4. The summed E-state index contributed by atoms with van der Waals surface area (Å²) in [5.74, 6) is -0.919. The van der Waals surface area contributed by atoms with Crippen molar-refractivity contribution in [3.63, 3.8) is 0 Å². The fraction of sp³-hybridized carbons (Fsp3) is 0.474. The van der Waals surface area contributed by atoms with E-state index < -0.39 is 12.1 Å². The van der Waals surface area contributed by atoms with Crippen LogP contribution in [0, 0.1) is 5.92 Å². The van der Waals surface area contributed by atoms with E-state index in [2.05, 4.69) is 0 Å². The van der Waals surface area contributed by atoms with Crippen LogP contribution < -0.4 is 5.01 Å². The Morgan fingerprint density at radius 3 is 2.58 bits per heavy atom. The third kappa shape index (κ3) is 3.45. The maximum Gasteiger partial charge on any atom is 0.319 e. The van der Waals surface area contributed by atoms with E-state index in [1.54, 1.807) is 0 Å². The second-order valence-electron chi connectivity index (χ2n) is 6.26. The van der Waals surface area contributed by atoms with Gasteiger partial charge in [-0.1, -0.05) is 18.2 Å². The van der Waals surface area contributed by atoms with Gasteiger partial charge in [0.15, 0.2) is 0 Å². The summed E-state index contributed by atoms with van der Waals surface area (Å²) >= 11 is 0. The zero-order valence-corrected chi connectivity index (χ0v) is 15.8. The number of esters is 1. The van der Waals surface area contributed by atoms with E-state index in [0.717, 1.165) is 11.3 Å². The molecule has 3 rings (SSSR count). The predicted octanol–water partition coefficient (Wildman–Crippen LogP) is 2.08. The predicted molar refractivity (Wildman–Crippen MR) is 100 cm³/mol. The maximum absolute atomic E-state index is 12.8. The number of anilines is 1. The summed E-state index contributed by atoms with van der Waals surface area (Å²) in [4.78, 5) is 12.8.